The first-order chi connectivity index (χ1) is 12.7. The summed E-state index contributed by atoms with van der Waals surface area (Å²) in [5.41, 5.74) is 0.806. The maximum Gasteiger partial charge on any atom is 0.349 e. The van der Waals surface area contributed by atoms with Crippen molar-refractivity contribution in [1.29, 1.82) is 10.5 Å². The van der Waals surface area contributed by atoms with Crippen molar-refractivity contribution >= 4 is 23.7 Å². The Morgan fingerprint density at radius 3 is 2.37 bits per heavy atom. The highest BCUT2D eigenvalue weighted by Gasteiger charge is 2.42. The first kappa shape index (κ1) is 22.5. The van der Waals surface area contributed by atoms with Crippen molar-refractivity contribution in [2.75, 3.05) is 20.0 Å². The quantitative estimate of drug-likeness (QED) is 0.402. The zero-order valence-electron chi connectivity index (χ0n) is 16.5. The number of methoxy groups -OCH3 is 1. The maximum atomic E-state index is 12.4. The molecule has 0 bridgehead atoms. The second-order valence-electron chi connectivity index (χ2n) is 6.80. The van der Waals surface area contributed by atoms with Crippen LogP contribution in [0.2, 0.25) is 0 Å². The molecule has 0 fully saturated rings. The Hall–Kier alpha value is -2.51. The fraction of sp³-hybridized carbons (Fsp3) is 0.500. The van der Waals surface area contributed by atoms with Crippen LogP contribution in [0.5, 0.6) is 0 Å². The van der Waals surface area contributed by atoms with Crippen molar-refractivity contribution in [2.24, 2.45) is 11.3 Å². The van der Waals surface area contributed by atoms with E-state index < -0.39 is 23.3 Å². The van der Waals surface area contributed by atoms with E-state index in [-0.39, 0.29) is 17.8 Å². The highest BCUT2D eigenvalue weighted by molar-refractivity contribution is 8.02. The molecule has 0 aromatic heterocycles. The van der Waals surface area contributed by atoms with Gasteiger partial charge >= 0.3 is 11.9 Å². The lowest BCUT2D eigenvalue weighted by Gasteiger charge is -2.41. The number of ether oxygens (including phenoxy) is 2. The molecule has 6 nitrogen and oxygen atoms in total. The summed E-state index contributed by atoms with van der Waals surface area (Å²) in [6, 6.07) is 3.88. The average molecular weight is 388 g/mol. The van der Waals surface area contributed by atoms with Gasteiger partial charge in [0, 0.05) is 10.8 Å². The molecule has 0 saturated carbocycles. The van der Waals surface area contributed by atoms with E-state index in [2.05, 4.69) is 0 Å². The molecule has 1 atom stereocenters. The zero-order chi connectivity index (χ0) is 20.8. The number of nitriles is 2. The van der Waals surface area contributed by atoms with E-state index in [9.17, 15) is 20.1 Å². The topological polar surface area (TPSA) is 100 Å². The first-order valence-corrected chi connectivity index (χ1v) is 9.66. The minimum absolute atomic E-state index is 0.109. The molecular weight excluding hydrogens is 364 g/mol. The van der Waals surface area contributed by atoms with Crippen LogP contribution in [0.15, 0.2) is 33.3 Å². The normalized spacial score (nSPS) is 21.0. The molecule has 0 N–H and O–H groups in total. The number of rotatable bonds is 5. The van der Waals surface area contributed by atoms with Gasteiger partial charge in [-0.1, -0.05) is 25.5 Å². The molecule has 0 spiro atoms. The third kappa shape index (κ3) is 4.81. The summed E-state index contributed by atoms with van der Waals surface area (Å²) < 4.78 is 9.79. The van der Waals surface area contributed by atoms with Crippen LogP contribution in [-0.4, -0.2) is 31.9 Å². The number of carbonyl (C=O) groups excluding carboxylic acids is 2. The largest absolute Gasteiger partial charge is 0.465 e. The smallest absolute Gasteiger partial charge is 0.349 e. The highest BCUT2D eigenvalue weighted by atomic mass is 32.2. The summed E-state index contributed by atoms with van der Waals surface area (Å²) >= 11 is 1.24. The summed E-state index contributed by atoms with van der Waals surface area (Å²) in [7, 11) is 1.21. The Balaban J connectivity index is 3.89. The van der Waals surface area contributed by atoms with Crippen molar-refractivity contribution in [3.05, 3.63) is 33.3 Å². The summed E-state index contributed by atoms with van der Waals surface area (Å²) in [5, 5.41) is 19.2. The summed E-state index contributed by atoms with van der Waals surface area (Å²) in [5.74, 6) is -1.94. The average Bonchev–Trinajstić information content (AvgIpc) is 2.59. The third-order valence-electron chi connectivity index (χ3n) is 4.34. The van der Waals surface area contributed by atoms with Crippen molar-refractivity contribution < 1.29 is 19.1 Å². The molecule has 144 valence electrons. The van der Waals surface area contributed by atoms with E-state index in [0.29, 0.717) is 16.9 Å². The second kappa shape index (κ2) is 9.43. The van der Waals surface area contributed by atoms with Crippen LogP contribution in [0.3, 0.4) is 0 Å². The molecule has 1 rings (SSSR count). The molecule has 0 amide bonds. The molecule has 27 heavy (non-hydrogen) atoms. The van der Waals surface area contributed by atoms with Crippen LogP contribution in [0.25, 0.3) is 0 Å². The predicted octanol–water partition coefficient (Wildman–Crippen LogP) is 3.68. The van der Waals surface area contributed by atoms with Crippen LogP contribution in [0.1, 0.15) is 34.1 Å². The fourth-order valence-corrected chi connectivity index (χ4v) is 4.47. The highest BCUT2D eigenvalue weighted by Crippen LogP contribution is 2.51. The van der Waals surface area contributed by atoms with Gasteiger partial charge in [0.25, 0.3) is 0 Å². The van der Waals surface area contributed by atoms with Crippen LogP contribution in [0.4, 0.5) is 0 Å². The first-order valence-electron chi connectivity index (χ1n) is 8.43. The number of hydrogen-bond donors (Lipinski definition) is 0. The van der Waals surface area contributed by atoms with Gasteiger partial charge in [-0.25, -0.2) is 9.59 Å². The molecule has 0 saturated heterocycles. The monoisotopic (exact) mass is 388 g/mol. The van der Waals surface area contributed by atoms with Crippen molar-refractivity contribution in [1.82, 2.24) is 0 Å². The lowest BCUT2D eigenvalue weighted by atomic mass is 9.65. The van der Waals surface area contributed by atoms with Crippen molar-refractivity contribution in [3.8, 4) is 12.1 Å². The Morgan fingerprint density at radius 1 is 1.30 bits per heavy atom. The second-order valence-corrected chi connectivity index (χ2v) is 7.65. The van der Waals surface area contributed by atoms with Gasteiger partial charge in [-0.15, -0.1) is 11.8 Å². The van der Waals surface area contributed by atoms with Gasteiger partial charge in [0.2, 0.25) is 0 Å². The fourth-order valence-electron chi connectivity index (χ4n) is 3.45. The summed E-state index contributed by atoms with van der Waals surface area (Å²) in [6.07, 6.45) is 4.23. The number of thioether (sulfide) groups is 1. The SMILES string of the molecule is CCOC(=O)/C(C#N)=C1\C=C(C)CC(C)(C)[C@@H]1/C(SC)=C(\C#N)C(=O)OC. The van der Waals surface area contributed by atoms with E-state index in [1.54, 1.807) is 19.3 Å². The Morgan fingerprint density at radius 2 is 1.93 bits per heavy atom. The molecule has 0 unspecified atom stereocenters. The number of carbonyl (C=O) groups is 2. The van der Waals surface area contributed by atoms with Crippen LogP contribution < -0.4 is 0 Å². The van der Waals surface area contributed by atoms with E-state index in [4.69, 9.17) is 9.47 Å². The van der Waals surface area contributed by atoms with E-state index in [0.717, 1.165) is 5.57 Å². The minimum Gasteiger partial charge on any atom is -0.465 e. The molecule has 0 aliphatic heterocycles. The molecule has 7 heteroatoms. The Kier molecular flexibility index (Phi) is 7.87. The summed E-state index contributed by atoms with van der Waals surface area (Å²) in [6.45, 7) is 7.70. The van der Waals surface area contributed by atoms with Gasteiger partial charge in [0.05, 0.1) is 13.7 Å². The number of nitrogens with zero attached hydrogens (tertiary/aromatic N) is 2. The van der Waals surface area contributed by atoms with Crippen molar-refractivity contribution in [2.45, 2.75) is 34.1 Å². The number of esters is 2. The maximum absolute atomic E-state index is 12.4. The van der Waals surface area contributed by atoms with Crippen LogP contribution in [0, 0.1) is 34.0 Å². The van der Waals surface area contributed by atoms with E-state index >= 15 is 0 Å². The van der Waals surface area contributed by atoms with Gasteiger partial charge in [0.15, 0.2) is 0 Å². The van der Waals surface area contributed by atoms with Gasteiger partial charge in [-0.3, -0.25) is 0 Å². The number of allylic oxidation sites excluding steroid dienone is 4. The molecular formula is C20H24N2O4S. The molecule has 0 aromatic rings. The number of hydrogen-bond acceptors (Lipinski definition) is 7. The van der Waals surface area contributed by atoms with Gasteiger partial charge in [-0.2, -0.15) is 10.5 Å². The van der Waals surface area contributed by atoms with Crippen LogP contribution in [-0.2, 0) is 19.1 Å². The standard InChI is InChI=1S/C20H24N2O4S/c1-7-26-19(24)14(10-21)13-8-12(2)9-20(3,4)16(13)17(27-6)15(11-22)18(23)25-5/h8,16H,7,9H2,1-6H3/b14-13+,17-15-/t16-/m0/s1. The van der Waals surface area contributed by atoms with Gasteiger partial charge in [-0.05, 0) is 37.5 Å². The van der Waals surface area contributed by atoms with Gasteiger partial charge < -0.3 is 9.47 Å². The minimum atomic E-state index is -0.738. The molecule has 0 heterocycles. The van der Waals surface area contributed by atoms with E-state index in [1.807, 2.05) is 32.9 Å². The third-order valence-corrected chi connectivity index (χ3v) is 5.22. The van der Waals surface area contributed by atoms with Crippen molar-refractivity contribution in [3.63, 3.8) is 0 Å². The molecule has 0 radical (unpaired) electrons. The van der Waals surface area contributed by atoms with E-state index in [1.165, 1.54) is 18.9 Å². The Labute approximate surface area is 164 Å². The molecule has 0 aromatic carbocycles. The van der Waals surface area contributed by atoms with Crippen LogP contribution >= 0.6 is 11.8 Å². The summed E-state index contributed by atoms with van der Waals surface area (Å²) in [4.78, 5) is 25.0. The lowest BCUT2D eigenvalue weighted by molar-refractivity contribution is -0.138. The zero-order valence-corrected chi connectivity index (χ0v) is 17.3. The predicted molar refractivity (Wildman–Crippen MR) is 103 cm³/mol. The molecule has 1 aliphatic rings. The Bertz CT molecular complexity index is 807. The molecule has 1 aliphatic carbocycles. The van der Waals surface area contributed by atoms with Gasteiger partial charge in [0.1, 0.15) is 23.3 Å². The lowest BCUT2D eigenvalue weighted by Crippen LogP contribution is -2.32.